The molecule has 2 aromatic heterocycles. The lowest BCUT2D eigenvalue weighted by Gasteiger charge is -2.21. The van der Waals surface area contributed by atoms with Crippen LogP contribution < -0.4 is 22.2 Å². The van der Waals surface area contributed by atoms with Crippen LogP contribution in [0.15, 0.2) is 31.3 Å². The summed E-state index contributed by atoms with van der Waals surface area (Å²) in [5, 5.41) is 0.823. The van der Waals surface area contributed by atoms with E-state index in [-0.39, 0.29) is 38.7 Å². The third-order valence-electron chi connectivity index (χ3n) is 4.71. The molecule has 22 heavy (non-hydrogen) atoms. The van der Waals surface area contributed by atoms with Crippen molar-refractivity contribution in [1.82, 2.24) is 9.55 Å². The normalized spacial score (nSPS) is 16.7. The second kappa shape index (κ2) is 4.50. The minimum atomic E-state index is -0.515. The van der Waals surface area contributed by atoms with Crippen LogP contribution in [0.1, 0.15) is 38.1 Å². The Balaban J connectivity index is 2.08. The number of hydrogen-bond donors (Lipinski definition) is 1. The Kier molecular flexibility index (Phi) is 2.69. The fraction of sp³-hybridized carbons (Fsp3) is 0.375. The molecule has 1 aliphatic rings. The molecule has 3 aromatic rings. The zero-order valence-corrected chi connectivity index (χ0v) is 11.8. The van der Waals surface area contributed by atoms with Crippen molar-refractivity contribution in [2.24, 2.45) is 0 Å². The molecule has 6 heteroatoms. The van der Waals surface area contributed by atoms with Gasteiger partial charge in [0.2, 0.25) is 0 Å². The summed E-state index contributed by atoms with van der Waals surface area (Å²) in [6, 6.07) is 2.70. The Labute approximate surface area is 123 Å². The van der Waals surface area contributed by atoms with Crippen LogP contribution in [0, 0.1) is 0 Å². The number of benzene rings is 1. The summed E-state index contributed by atoms with van der Waals surface area (Å²) in [5.74, 6) is 0. The molecule has 1 fully saturated rings. The molecule has 6 nitrogen and oxygen atoms in total. The van der Waals surface area contributed by atoms with Gasteiger partial charge in [0.15, 0.2) is 0 Å². The SMILES string of the molecule is O=c1[nH]c(=O)c2cc3c(=O)n(C4CCCCC4)c(=O)c3cc12. The molecule has 1 aliphatic carbocycles. The summed E-state index contributed by atoms with van der Waals surface area (Å²) >= 11 is 0. The van der Waals surface area contributed by atoms with Gasteiger partial charge in [0.25, 0.3) is 22.2 Å². The van der Waals surface area contributed by atoms with Crippen molar-refractivity contribution in [1.29, 1.82) is 0 Å². The minimum absolute atomic E-state index is 0.0690. The lowest BCUT2D eigenvalue weighted by molar-refractivity contribution is 0.344. The van der Waals surface area contributed by atoms with Gasteiger partial charge in [-0.1, -0.05) is 19.3 Å². The molecule has 112 valence electrons. The largest absolute Gasteiger partial charge is 0.288 e. The third kappa shape index (κ3) is 1.66. The fourth-order valence-corrected chi connectivity index (χ4v) is 3.59. The van der Waals surface area contributed by atoms with E-state index in [9.17, 15) is 19.2 Å². The Morgan fingerprint density at radius 1 is 0.773 bits per heavy atom. The fourth-order valence-electron chi connectivity index (χ4n) is 3.59. The van der Waals surface area contributed by atoms with E-state index in [1.54, 1.807) is 0 Å². The predicted molar refractivity (Wildman–Crippen MR) is 83.4 cm³/mol. The zero-order chi connectivity index (χ0) is 15.4. The van der Waals surface area contributed by atoms with Crippen molar-refractivity contribution < 1.29 is 0 Å². The summed E-state index contributed by atoms with van der Waals surface area (Å²) in [6.07, 6.45) is 4.79. The minimum Gasteiger partial charge on any atom is -0.288 e. The van der Waals surface area contributed by atoms with E-state index in [4.69, 9.17) is 0 Å². The average Bonchev–Trinajstić information content (AvgIpc) is 2.94. The highest BCUT2D eigenvalue weighted by molar-refractivity contribution is 5.97. The quantitative estimate of drug-likeness (QED) is 0.724. The van der Waals surface area contributed by atoms with E-state index < -0.39 is 11.1 Å². The lowest BCUT2D eigenvalue weighted by Crippen LogP contribution is -2.31. The molecule has 0 amide bonds. The molecule has 0 spiro atoms. The molecule has 2 heterocycles. The van der Waals surface area contributed by atoms with Crippen LogP contribution in [0.2, 0.25) is 0 Å². The van der Waals surface area contributed by atoms with Crippen molar-refractivity contribution in [3.8, 4) is 0 Å². The second-order valence-corrected chi connectivity index (χ2v) is 6.00. The van der Waals surface area contributed by atoms with Gasteiger partial charge in [-0.15, -0.1) is 0 Å². The number of hydrogen-bond acceptors (Lipinski definition) is 4. The Morgan fingerprint density at radius 2 is 1.27 bits per heavy atom. The Morgan fingerprint density at radius 3 is 1.77 bits per heavy atom. The van der Waals surface area contributed by atoms with Crippen LogP contribution in [0.25, 0.3) is 21.5 Å². The average molecular weight is 298 g/mol. The van der Waals surface area contributed by atoms with Crippen LogP contribution in [0.4, 0.5) is 0 Å². The summed E-state index contributed by atoms with van der Waals surface area (Å²) in [6.45, 7) is 0. The predicted octanol–water partition coefficient (Wildman–Crippen LogP) is 0.944. The van der Waals surface area contributed by atoms with Crippen molar-refractivity contribution in [2.75, 3.05) is 0 Å². The zero-order valence-electron chi connectivity index (χ0n) is 11.8. The molecule has 1 N–H and O–H groups in total. The van der Waals surface area contributed by atoms with Gasteiger partial charge in [-0.2, -0.15) is 0 Å². The molecule has 0 aliphatic heterocycles. The van der Waals surface area contributed by atoms with Crippen molar-refractivity contribution in [3.05, 3.63) is 53.5 Å². The Hall–Kier alpha value is -2.50. The Bertz CT molecular complexity index is 1010. The van der Waals surface area contributed by atoms with E-state index in [2.05, 4.69) is 4.98 Å². The molecule has 0 atom stereocenters. The standard InChI is InChI=1S/C16H14N2O4/c19-13-9-6-11-12(7-10(9)14(20)17-13)16(22)18(15(11)21)8-4-2-1-3-5-8/h6-8H,1-5H2,(H,17,19,20). The topological polar surface area (TPSA) is 89.0 Å². The van der Waals surface area contributed by atoms with Gasteiger partial charge in [0.1, 0.15) is 0 Å². The summed E-state index contributed by atoms with van der Waals surface area (Å²) in [4.78, 5) is 50.8. The van der Waals surface area contributed by atoms with Crippen molar-refractivity contribution in [2.45, 2.75) is 38.1 Å². The van der Waals surface area contributed by atoms with E-state index in [0.29, 0.717) is 0 Å². The van der Waals surface area contributed by atoms with Gasteiger partial charge < -0.3 is 0 Å². The van der Waals surface area contributed by atoms with Gasteiger partial charge in [0, 0.05) is 6.04 Å². The first-order valence-corrected chi connectivity index (χ1v) is 7.49. The number of H-pyrrole nitrogens is 1. The molecular weight excluding hydrogens is 284 g/mol. The third-order valence-corrected chi connectivity index (χ3v) is 4.71. The van der Waals surface area contributed by atoms with Crippen LogP contribution in [0.5, 0.6) is 0 Å². The summed E-state index contributed by atoms with van der Waals surface area (Å²) < 4.78 is 1.32. The first-order chi connectivity index (χ1) is 10.6. The maximum atomic E-state index is 12.6. The molecule has 0 saturated heterocycles. The molecular formula is C16H14N2O4. The van der Waals surface area contributed by atoms with Crippen LogP contribution in [-0.2, 0) is 0 Å². The van der Waals surface area contributed by atoms with E-state index in [1.807, 2.05) is 0 Å². The maximum Gasteiger partial charge on any atom is 0.261 e. The molecule has 1 aromatic carbocycles. The van der Waals surface area contributed by atoms with Crippen LogP contribution in [0.3, 0.4) is 0 Å². The van der Waals surface area contributed by atoms with Crippen molar-refractivity contribution >= 4 is 21.5 Å². The lowest BCUT2D eigenvalue weighted by atomic mass is 9.95. The first-order valence-electron chi connectivity index (χ1n) is 7.49. The smallest absolute Gasteiger partial charge is 0.261 e. The van der Waals surface area contributed by atoms with E-state index in [0.717, 1.165) is 32.1 Å². The molecule has 0 radical (unpaired) electrons. The number of rotatable bonds is 1. The number of aromatic amines is 1. The van der Waals surface area contributed by atoms with Gasteiger partial charge in [-0.25, -0.2) is 0 Å². The van der Waals surface area contributed by atoms with Gasteiger partial charge >= 0.3 is 0 Å². The highest BCUT2D eigenvalue weighted by Crippen LogP contribution is 2.27. The van der Waals surface area contributed by atoms with Crippen LogP contribution >= 0.6 is 0 Å². The van der Waals surface area contributed by atoms with E-state index >= 15 is 0 Å². The molecule has 0 bridgehead atoms. The van der Waals surface area contributed by atoms with Gasteiger partial charge in [-0.05, 0) is 25.0 Å². The van der Waals surface area contributed by atoms with Crippen LogP contribution in [-0.4, -0.2) is 9.55 Å². The van der Waals surface area contributed by atoms with Gasteiger partial charge in [-0.3, -0.25) is 28.7 Å². The monoisotopic (exact) mass is 298 g/mol. The molecule has 4 rings (SSSR count). The highest BCUT2D eigenvalue weighted by Gasteiger charge is 2.23. The molecule has 0 unspecified atom stereocenters. The van der Waals surface area contributed by atoms with Gasteiger partial charge in [0.05, 0.1) is 21.5 Å². The highest BCUT2D eigenvalue weighted by atomic mass is 16.2. The number of fused-ring (bicyclic) bond motifs is 2. The maximum absolute atomic E-state index is 12.6. The van der Waals surface area contributed by atoms with Crippen molar-refractivity contribution in [3.63, 3.8) is 0 Å². The number of nitrogens with zero attached hydrogens (tertiary/aromatic N) is 1. The number of nitrogens with one attached hydrogen (secondary N) is 1. The second-order valence-electron chi connectivity index (χ2n) is 6.00. The number of aromatic nitrogens is 2. The summed E-state index contributed by atoms with van der Waals surface area (Å²) in [5.41, 5.74) is -1.72. The molecule has 1 saturated carbocycles. The summed E-state index contributed by atoms with van der Waals surface area (Å²) in [7, 11) is 0. The van der Waals surface area contributed by atoms with E-state index in [1.165, 1.54) is 16.7 Å². The first kappa shape index (κ1) is 13.2.